The van der Waals surface area contributed by atoms with E-state index < -0.39 is 29.1 Å². The summed E-state index contributed by atoms with van der Waals surface area (Å²) in [4.78, 5) is 29.7. The lowest BCUT2D eigenvalue weighted by molar-refractivity contribution is -0.139. The molecule has 2 aromatic carbocycles. The Morgan fingerprint density at radius 3 is 2.51 bits per heavy atom. The molecule has 0 aliphatic heterocycles. The van der Waals surface area contributed by atoms with E-state index in [-0.39, 0.29) is 18.5 Å². The van der Waals surface area contributed by atoms with Crippen molar-refractivity contribution >= 4 is 29.0 Å². The van der Waals surface area contributed by atoms with E-state index in [0.717, 1.165) is 0 Å². The standard InChI is InChI=1S/C27H27ClN2O5/c1-26(2,3)35-25(33)16-6-4-15(5-7-16)10-23(32)27(34)13-22(31)20-11-17(14-30-24(20)27)19-12-18(28)8-9-21(19)29/h4-9,11-12,14,22,31,34H,10,13,29H2,1-3H3. The van der Waals surface area contributed by atoms with Gasteiger partial charge >= 0.3 is 5.97 Å². The van der Waals surface area contributed by atoms with Crippen LogP contribution in [0.1, 0.15) is 60.5 Å². The molecule has 4 N–H and O–H groups in total. The van der Waals surface area contributed by atoms with Gasteiger partial charge in [-0.15, -0.1) is 0 Å². The maximum Gasteiger partial charge on any atom is 0.338 e. The topological polar surface area (TPSA) is 123 Å². The number of carbonyl (C=O) groups is 2. The van der Waals surface area contributed by atoms with Crippen molar-refractivity contribution in [1.29, 1.82) is 0 Å². The lowest BCUT2D eigenvalue weighted by atomic mass is 9.90. The van der Waals surface area contributed by atoms with Gasteiger partial charge in [0.15, 0.2) is 11.4 Å². The molecule has 0 saturated carbocycles. The number of halogens is 1. The predicted octanol–water partition coefficient (Wildman–Crippen LogP) is 4.38. The Labute approximate surface area is 208 Å². The van der Waals surface area contributed by atoms with Crippen LogP contribution < -0.4 is 5.73 Å². The number of pyridine rings is 1. The van der Waals surface area contributed by atoms with Gasteiger partial charge in [0.05, 0.1) is 17.4 Å². The number of esters is 1. The zero-order valence-electron chi connectivity index (χ0n) is 19.7. The molecule has 1 aliphatic carbocycles. The molecule has 1 aliphatic rings. The quantitative estimate of drug-likeness (QED) is 0.355. The van der Waals surface area contributed by atoms with Crippen LogP contribution >= 0.6 is 11.6 Å². The van der Waals surface area contributed by atoms with Crippen molar-refractivity contribution in [1.82, 2.24) is 4.98 Å². The van der Waals surface area contributed by atoms with E-state index in [1.165, 1.54) is 6.20 Å². The van der Waals surface area contributed by atoms with Crippen LogP contribution in [0.4, 0.5) is 5.69 Å². The summed E-state index contributed by atoms with van der Waals surface area (Å²) in [5.41, 5.74) is 6.76. The van der Waals surface area contributed by atoms with Gasteiger partial charge in [-0.25, -0.2) is 4.79 Å². The maximum absolute atomic E-state index is 13.2. The molecule has 2 unspecified atom stereocenters. The molecule has 0 fully saturated rings. The number of aromatic nitrogens is 1. The van der Waals surface area contributed by atoms with Crippen LogP contribution in [0.25, 0.3) is 11.1 Å². The lowest BCUT2D eigenvalue weighted by Crippen LogP contribution is -2.35. The summed E-state index contributed by atoms with van der Waals surface area (Å²) < 4.78 is 5.35. The van der Waals surface area contributed by atoms with E-state index in [9.17, 15) is 19.8 Å². The summed E-state index contributed by atoms with van der Waals surface area (Å²) in [7, 11) is 0. The second-order valence-corrected chi connectivity index (χ2v) is 10.2. The first-order valence-corrected chi connectivity index (χ1v) is 11.6. The Morgan fingerprint density at radius 2 is 1.86 bits per heavy atom. The number of ether oxygens (including phenoxy) is 1. The first kappa shape index (κ1) is 24.9. The minimum absolute atomic E-state index is 0.0953. The highest BCUT2D eigenvalue weighted by Crippen LogP contribution is 2.45. The number of ketones is 1. The lowest BCUT2D eigenvalue weighted by Gasteiger charge is -2.22. The van der Waals surface area contributed by atoms with Gasteiger partial charge in [0.25, 0.3) is 0 Å². The normalized spacial score (nSPS) is 19.3. The third-order valence-electron chi connectivity index (χ3n) is 5.90. The number of benzene rings is 2. The average Bonchev–Trinajstić information content (AvgIpc) is 3.05. The van der Waals surface area contributed by atoms with Gasteiger partial charge in [-0.3, -0.25) is 9.78 Å². The number of fused-ring (bicyclic) bond motifs is 1. The minimum Gasteiger partial charge on any atom is -0.456 e. The Hall–Kier alpha value is -3.26. The minimum atomic E-state index is -1.93. The summed E-state index contributed by atoms with van der Waals surface area (Å²) in [5, 5.41) is 22.4. The molecule has 0 spiro atoms. The largest absolute Gasteiger partial charge is 0.456 e. The van der Waals surface area contributed by atoms with Crippen molar-refractivity contribution in [3.05, 3.63) is 82.1 Å². The van der Waals surface area contributed by atoms with Crippen molar-refractivity contribution in [2.45, 2.75) is 50.9 Å². The zero-order valence-corrected chi connectivity index (χ0v) is 20.5. The number of nitrogen functional groups attached to an aromatic ring is 1. The van der Waals surface area contributed by atoms with E-state index in [2.05, 4.69) is 4.98 Å². The van der Waals surface area contributed by atoms with Crippen molar-refractivity contribution in [3.63, 3.8) is 0 Å². The third-order valence-corrected chi connectivity index (χ3v) is 6.13. The smallest absolute Gasteiger partial charge is 0.338 e. The summed E-state index contributed by atoms with van der Waals surface area (Å²) in [6.07, 6.45) is 0.147. The van der Waals surface area contributed by atoms with Gasteiger partial charge in [0.2, 0.25) is 0 Å². The molecule has 2 atom stereocenters. The molecular formula is C27H27ClN2O5. The van der Waals surface area contributed by atoms with E-state index in [0.29, 0.717) is 38.5 Å². The average molecular weight is 495 g/mol. The van der Waals surface area contributed by atoms with Crippen molar-refractivity contribution in [2.24, 2.45) is 0 Å². The van der Waals surface area contributed by atoms with Gasteiger partial charge < -0.3 is 20.7 Å². The first-order valence-electron chi connectivity index (χ1n) is 11.2. The van der Waals surface area contributed by atoms with Crippen molar-refractivity contribution in [2.75, 3.05) is 5.73 Å². The Morgan fingerprint density at radius 1 is 1.17 bits per heavy atom. The first-order chi connectivity index (χ1) is 16.4. The number of carbonyl (C=O) groups excluding carboxylic acids is 2. The summed E-state index contributed by atoms with van der Waals surface area (Å²) in [6, 6.07) is 13.2. The number of hydrogen-bond acceptors (Lipinski definition) is 7. The zero-order chi connectivity index (χ0) is 25.5. The van der Waals surface area contributed by atoms with Crippen LogP contribution in [0.15, 0.2) is 54.7 Å². The molecular weight excluding hydrogens is 468 g/mol. The second-order valence-electron chi connectivity index (χ2n) is 9.77. The molecule has 1 aromatic heterocycles. The highest BCUT2D eigenvalue weighted by atomic mass is 35.5. The molecule has 35 heavy (non-hydrogen) atoms. The molecule has 1 heterocycles. The van der Waals surface area contributed by atoms with Gasteiger partial charge in [-0.1, -0.05) is 23.7 Å². The highest BCUT2D eigenvalue weighted by molar-refractivity contribution is 6.31. The number of nitrogens with zero attached hydrogens (tertiary/aromatic N) is 1. The van der Waals surface area contributed by atoms with Crippen molar-refractivity contribution < 1.29 is 24.5 Å². The fourth-order valence-corrected chi connectivity index (χ4v) is 4.34. The fourth-order valence-electron chi connectivity index (χ4n) is 4.17. The van der Waals surface area contributed by atoms with E-state index in [1.807, 2.05) is 0 Å². The van der Waals surface area contributed by atoms with Crippen LogP contribution in [0.3, 0.4) is 0 Å². The molecule has 4 rings (SSSR count). The monoisotopic (exact) mass is 494 g/mol. The number of Topliss-reactive ketones (excluding diaryl/α,β-unsaturated/α-hetero) is 1. The van der Waals surface area contributed by atoms with Gasteiger partial charge in [0.1, 0.15) is 5.60 Å². The predicted molar refractivity (Wildman–Crippen MR) is 133 cm³/mol. The highest BCUT2D eigenvalue weighted by Gasteiger charge is 2.48. The number of hydrogen-bond donors (Lipinski definition) is 3. The van der Waals surface area contributed by atoms with E-state index >= 15 is 0 Å². The van der Waals surface area contributed by atoms with Crippen LogP contribution in [-0.2, 0) is 21.6 Å². The molecule has 3 aromatic rings. The SMILES string of the molecule is CC(C)(C)OC(=O)c1ccc(CC(=O)C2(O)CC(O)c3cc(-c4cc(Cl)ccc4N)cnc32)cc1. The number of nitrogens with two attached hydrogens (primary N) is 1. The fraction of sp³-hybridized carbons (Fsp3) is 0.296. The summed E-state index contributed by atoms with van der Waals surface area (Å²) in [5.74, 6) is -0.954. The molecule has 8 heteroatoms. The molecule has 0 saturated heterocycles. The Bertz CT molecular complexity index is 1300. The number of anilines is 1. The molecule has 0 amide bonds. The molecule has 7 nitrogen and oxygen atoms in total. The summed E-state index contributed by atoms with van der Waals surface area (Å²) >= 11 is 6.10. The summed E-state index contributed by atoms with van der Waals surface area (Å²) in [6.45, 7) is 5.36. The van der Waals surface area contributed by atoms with Gasteiger partial charge in [0, 0.05) is 46.4 Å². The van der Waals surface area contributed by atoms with Crippen LogP contribution in [-0.4, -0.2) is 32.6 Å². The number of rotatable bonds is 5. The Kier molecular flexibility index (Phi) is 6.44. The third kappa shape index (κ3) is 5.07. The maximum atomic E-state index is 13.2. The molecule has 0 radical (unpaired) electrons. The second kappa shape index (κ2) is 9.07. The van der Waals surface area contributed by atoms with Crippen LogP contribution in [0, 0.1) is 0 Å². The number of aliphatic hydroxyl groups is 2. The van der Waals surface area contributed by atoms with E-state index in [1.54, 1.807) is 69.3 Å². The molecule has 0 bridgehead atoms. The van der Waals surface area contributed by atoms with Gasteiger partial charge in [-0.05, 0) is 62.7 Å². The van der Waals surface area contributed by atoms with Crippen LogP contribution in [0.5, 0.6) is 0 Å². The Balaban J connectivity index is 1.56. The van der Waals surface area contributed by atoms with Crippen LogP contribution in [0.2, 0.25) is 5.02 Å². The molecule has 182 valence electrons. The van der Waals surface area contributed by atoms with Gasteiger partial charge in [-0.2, -0.15) is 0 Å². The van der Waals surface area contributed by atoms with E-state index in [4.69, 9.17) is 22.1 Å². The van der Waals surface area contributed by atoms with Crippen molar-refractivity contribution in [3.8, 4) is 11.1 Å². The number of aliphatic hydroxyl groups excluding tert-OH is 1.